The monoisotopic (exact) mass is 882 g/mol. The van der Waals surface area contributed by atoms with Gasteiger partial charge in [0.15, 0.2) is 18.2 Å². The molecule has 4 saturated heterocycles. The summed E-state index contributed by atoms with van der Waals surface area (Å²) in [5.74, 6) is -0.763. The van der Waals surface area contributed by atoms with Crippen molar-refractivity contribution in [3.63, 3.8) is 0 Å². The molecule has 60 heavy (non-hydrogen) atoms. The Morgan fingerprint density at radius 3 is 2.15 bits per heavy atom. The number of hydrogen-bond donors (Lipinski definition) is 6. The quantitative estimate of drug-likeness (QED) is 0.0407. The molecular weight excluding hydrogens is 819 g/mol. The van der Waals surface area contributed by atoms with Crippen LogP contribution in [-0.4, -0.2) is 147 Å². The fourth-order valence-corrected chi connectivity index (χ4v) is 14.2. The molecule has 1 spiro atoms. The second-order valence-corrected chi connectivity index (χ2v) is 21.7. The summed E-state index contributed by atoms with van der Waals surface area (Å²) in [5, 5.41) is 68.1. The number of fused-ring (bicyclic) bond motifs is 4. The van der Waals surface area contributed by atoms with Gasteiger partial charge >= 0.3 is 35.5 Å². The molecule has 8 aliphatic rings. The van der Waals surface area contributed by atoms with Gasteiger partial charge in [-0.2, -0.15) is 0 Å². The van der Waals surface area contributed by atoms with E-state index in [4.69, 9.17) is 28.4 Å². The van der Waals surface area contributed by atoms with Crippen molar-refractivity contribution in [2.45, 2.75) is 197 Å². The molecule has 6 N–H and O–H groups in total. The minimum absolute atomic E-state index is 0. The van der Waals surface area contributed by atoms with E-state index in [-0.39, 0.29) is 47.8 Å². The third-order valence-electron chi connectivity index (χ3n) is 16.9. The van der Waals surface area contributed by atoms with Gasteiger partial charge in [0.2, 0.25) is 10.4 Å². The van der Waals surface area contributed by atoms with E-state index in [1.54, 1.807) is 6.92 Å². The minimum atomic E-state index is -5.29. The first-order valence-electron chi connectivity index (χ1n) is 21.2. The molecule has 8 rings (SSSR count). The Kier molecular flexibility index (Phi) is 12.2. The first-order chi connectivity index (χ1) is 27.2. The van der Waals surface area contributed by atoms with Crippen molar-refractivity contribution in [1.82, 2.24) is 0 Å². The molecule has 19 heteroatoms. The van der Waals surface area contributed by atoms with Crippen molar-refractivity contribution in [3.05, 3.63) is 11.6 Å². The smallest absolute Gasteiger partial charge is 0.726 e. The predicted molar refractivity (Wildman–Crippen MR) is 201 cm³/mol. The third kappa shape index (κ3) is 6.66. The Balaban J connectivity index is 0.00000544. The maximum absolute atomic E-state index is 14.5. The zero-order chi connectivity index (χ0) is 43.3. The Morgan fingerprint density at radius 1 is 0.833 bits per heavy atom. The SMILES string of the molecule is CC1OC(OC2C(OC3CCC4(C)C5=CC(O)C67C(=O)OC(C)(C8CCC(C)(C)O8)C6(O)CCC7(C)C5CCC4C3(C)C)OCC(OS(=O)(=O)[O-])C2O)C(O)C(O)C1O.[Na+]. The van der Waals surface area contributed by atoms with Crippen molar-refractivity contribution in [2.75, 3.05) is 6.61 Å². The normalized spacial score (nSPS) is 53.2. The molecule has 19 atom stereocenters. The molecular formula is C41H63NaO17S. The molecule has 17 nitrogen and oxygen atoms in total. The number of aliphatic hydroxyl groups is 6. The van der Waals surface area contributed by atoms with Crippen molar-refractivity contribution in [3.8, 4) is 0 Å². The summed E-state index contributed by atoms with van der Waals surface area (Å²) in [6.45, 7) is 15.0. The predicted octanol–water partition coefficient (Wildman–Crippen LogP) is -1.90. The average molecular weight is 883 g/mol. The van der Waals surface area contributed by atoms with Gasteiger partial charge < -0.3 is 63.6 Å². The third-order valence-corrected chi connectivity index (χ3v) is 17.4. The van der Waals surface area contributed by atoms with Crippen LogP contribution in [0.3, 0.4) is 0 Å². The van der Waals surface area contributed by atoms with Gasteiger partial charge in [-0.1, -0.05) is 39.3 Å². The molecule has 4 heterocycles. The van der Waals surface area contributed by atoms with Crippen LogP contribution in [0, 0.1) is 33.5 Å². The second-order valence-electron chi connectivity index (χ2n) is 20.7. The van der Waals surface area contributed by atoms with E-state index < -0.39 is 135 Å². The molecule has 0 aromatic rings. The first kappa shape index (κ1) is 47.6. The van der Waals surface area contributed by atoms with Gasteiger partial charge in [0.05, 0.1) is 30.5 Å². The number of carbonyl (C=O) groups is 1. The number of esters is 1. The van der Waals surface area contributed by atoms with E-state index >= 15 is 0 Å². The van der Waals surface area contributed by atoms with Gasteiger partial charge in [-0.05, 0) is 107 Å². The zero-order valence-electron chi connectivity index (χ0n) is 36.1. The van der Waals surface area contributed by atoms with Crippen LogP contribution < -0.4 is 29.6 Å². The fourth-order valence-electron chi connectivity index (χ4n) is 13.7. The van der Waals surface area contributed by atoms with Crippen LogP contribution in [0.15, 0.2) is 11.6 Å². The van der Waals surface area contributed by atoms with Crippen LogP contribution >= 0.6 is 0 Å². The average Bonchev–Trinajstić information content (AvgIpc) is 3.70. The second kappa shape index (κ2) is 15.4. The number of allylic oxidation sites excluding steroid dienone is 1. The van der Waals surface area contributed by atoms with Crippen LogP contribution in [0.4, 0.5) is 0 Å². The Bertz CT molecular complexity index is 1830. The molecule has 7 fully saturated rings. The number of ether oxygens (including phenoxy) is 6. The van der Waals surface area contributed by atoms with Crippen LogP contribution in [0.2, 0.25) is 0 Å². The van der Waals surface area contributed by atoms with E-state index in [2.05, 4.69) is 25.0 Å². The first-order valence-corrected chi connectivity index (χ1v) is 22.5. The summed E-state index contributed by atoms with van der Waals surface area (Å²) < 4.78 is 76.1. The summed E-state index contributed by atoms with van der Waals surface area (Å²) in [6, 6.07) is 0. The van der Waals surface area contributed by atoms with Crippen molar-refractivity contribution in [2.24, 2.45) is 33.5 Å². The van der Waals surface area contributed by atoms with Crippen LogP contribution in [0.25, 0.3) is 0 Å². The van der Waals surface area contributed by atoms with Crippen LogP contribution in [0.1, 0.15) is 107 Å². The number of rotatable bonds is 7. The van der Waals surface area contributed by atoms with Gasteiger partial charge in [-0.15, -0.1) is 0 Å². The number of cyclic esters (lactones) is 1. The van der Waals surface area contributed by atoms with Crippen LogP contribution in [-0.2, 0) is 47.8 Å². The number of aliphatic hydroxyl groups excluding tert-OH is 5. The van der Waals surface area contributed by atoms with E-state index in [1.165, 1.54) is 6.92 Å². The van der Waals surface area contributed by atoms with Crippen molar-refractivity contribution >= 4 is 16.4 Å². The zero-order valence-corrected chi connectivity index (χ0v) is 38.9. The van der Waals surface area contributed by atoms with Gasteiger partial charge in [-0.25, -0.2) is 8.42 Å². The van der Waals surface area contributed by atoms with Crippen molar-refractivity contribution < 1.29 is 111 Å². The van der Waals surface area contributed by atoms with E-state index in [1.807, 2.05) is 26.8 Å². The molecule has 0 aromatic heterocycles. The topological polar surface area (TPSA) is 260 Å². The molecule has 3 saturated carbocycles. The molecule has 19 unspecified atom stereocenters. The van der Waals surface area contributed by atoms with Crippen molar-refractivity contribution in [1.29, 1.82) is 0 Å². The molecule has 0 amide bonds. The molecule has 336 valence electrons. The summed E-state index contributed by atoms with van der Waals surface area (Å²) in [5.41, 5.74) is -5.93. The van der Waals surface area contributed by atoms with E-state index in [0.29, 0.717) is 38.5 Å². The standard InChI is InChI=1S/C41H64O17S.Na/c1-19-27(43)29(45)30(46)32(53-19)55-31-28(44)22(58-59(49,50)51)18-52-33(31)54-25-12-14-37(6)21-17-24(42)41-34(47)57-39(8,26-11-13-35(2,3)56-26)40(41,48)16-15-38(41,7)20(21)9-10-23(37)36(25,4)5;/h17,19-20,22-33,42-46,48H,9-16,18H2,1-8H3,(H,49,50,51);/q;+1/p-1. The summed E-state index contributed by atoms with van der Waals surface area (Å²) in [6.07, 6.45) is -10.0. The Labute approximate surface area is 374 Å². The summed E-state index contributed by atoms with van der Waals surface area (Å²) in [7, 11) is -5.29. The van der Waals surface area contributed by atoms with E-state index in [0.717, 1.165) is 12.0 Å². The van der Waals surface area contributed by atoms with E-state index in [9.17, 15) is 48.4 Å². The molecule has 0 radical (unpaired) electrons. The molecule has 4 aliphatic heterocycles. The fraction of sp³-hybridized carbons (Fsp3) is 0.927. The Morgan fingerprint density at radius 2 is 1.52 bits per heavy atom. The van der Waals surface area contributed by atoms with Gasteiger partial charge in [-0.3, -0.25) is 8.98 Å². The maximum atomic E-state index is 14.5. The molecule has 0 aromatic carbocycles. The molecule has 4 aliphatic carbocycles. The van der Waals surface area contributed by atoms with Gasteiger partial charge in [0.25, 0.3) is 0 Å². The van der Waals surface area contributed by atoms with Crippen LogP contribution in [0.5, 0.6) is 0 Å². The minimum Gasteiger partial charge on any atom is -0.726 e. The van der Waals surface area contributed by atoms with Gasteiger partial charge in [0, 0.05) is 0 Å². The maximum Gasteiger partial charge on any atom is 1.00 e. The van der Waals surface area contributed by atoms with Gasteiger partial charge in [0.1, 0.15) is 53.7 Å². The number of hydrogen-bond acceptors (Lipinski definition) is 17. The Hall–Kier alpha value is -0.360. The largest absolute Gasteiger partial charge is 1.00 e. The molecule has 0 bridgehead atoms. The summed E-state index contributed by atoms with van der Waals surface area (Å²) >= 11 is 0. The summed E-state index contributed by atoms with van der Waals surface area (Å²) in [4.78, 5) is 14.5. The number of carbonyl (C=O) groups excluding carboxylic acids is 1.